The lowest BCUT2D eigenvalue weighted by Crippen LogP contribution is -2.06. The second-order valence-corrected chi connectivity index (χ2v) is 12.9. The molecular weight excluding hydrogens is 599 g/mol. The molecule has 0 aliphatic carbocycles. The van der Waals surface area contributed by atoms with E-state index in [1.807, 2.05) is 19.1 Å². The van der Waals surface area contributed by atoms with Gasteiger partial charge in [0.25, 0.3) is 0 Å². The summed E-state index contributed by atoms with van der Waals surface area (Å²) in [6.07, 6.45) is 5.24. The zero-order chi connectivity index (χ0) is 25.7. The Morgan fingerprint density at radius 1 is 1.17 bits per heavy atom. The summed E-state index contributed by atoms with van der Waals surface area (Å²) >= 11 is 2.13. The van der Waals surface area contributed by atoms with E-state index >= 15 is 0 Å². The van der Waals surface area contributed by atoms with Crippen LogP contribution in [0.5, 0.6) is 5.75 Å². The Kier molecular flexibility index (Phi) is 8.60. The van der Waals surface area contributed by atoms with Gasteiger partial charge in [0.15, 0.2) is 5.82 Å². The molecule has 6 bridgehead atoms. The Labute approximate surface area is 223 Å². The van der Waals surface area contributed by atoms with E-state index in [9.17, 15) is 13.0 Å². The summed E-state index contributed by atoms with van der Waals surface area (Å²) < 4.78 is 52.3. The standard InChI is InChI=1S/C25H28F2IN5O2S/c1-16(28)33-36(2,34)15-17-10-19-13-20(11-17)35-9-5-3-4-8-29-23-12-18(6-7-21(23)26)24-22(27)14-30-25(31-19)32-24/h6-7,10-14,16,29H,3-5,8-9,15H2,1-2H3,(H,30,31,32)/t16-,36?/m1/s1. The molecule has 1 unspecified atom stereocenters. The second-order valence-electron chi connectivity index (χ2n) is 8.69. The number of halogens is 3. The zero-order valence-corrected chi connectivity index (χ0v) is 23.0. The molecule has 2 atom stereocenters. The third kappa shape index (κ3) is 7.25. The van der Waals surface area contributed by atoms with Crippen molar-refractivity contribution in [2.45, 2.75) is 36.0 Å². The summed E-state index contributed by atoms with van der Waals surface area (Å²) in [6.45, 7) is 2.96. The summed E-state index contributed by atoms with van der Waals surface area (Å²) in [4.78, 5) is 8.43. The van der Waals surface area contributed by atoms with Gasteiger partial charge in [0.2, 0.25) is 5.95 Å². The number of ether oxygens (including phenoxy) is 1. The number of nitrogens with zero attached hydrogens (tertiary/aromatic N) is 3. The van der Waals surface area contributed by atoms with Crippen molar-refractivity contribution in [1.82, 2.24) is 9.97 Å². The molecule has 0 radical (unpaired) electrons. The molecule has 1 aliphatic heterocycles. The fourth-order valence-electron chi connectivity index (χ4n) is 3.94. The first kappa shape index (κ1) is 26.5. The van der Waals surface area contributed by atoms with Crippen molar-refractivity contribution in [2.24, 2.45) is 4.36 Å². The van der Waals surface area contributed by atoms with Crippen LogP contribution in [0, 0.1) is 11.6 Å². The van der Waals surface area contributed by atoms with E-state index in [-0.39, 0.29) is 21.4 Å². The number of hydrogen-bond acceptors (Lipinski definition) is 7. The molecule has 0 fully saturated rings. The Bertz CT molecular complexity index is 1360. The molecule has 192 valence electrons. The molecule has 0 spiro atoms. The lowest BCUT2D eigenvalue weighted by Gasteiger charge is -2.14. The van der Waals surface area contributed by atoms with E-state index in [4.69, 9.17) is 4.74 Å². The average molecular weight is 627 g/mol. The lowest BCUT2D eigenvalue weighted by atomic mass is 10.1. The molecule has 2 N–H and O–H groups in total. The van der Waals surface area contributed by atoms with Crippen LogP contribution >= 0.6 is 22.6 Å². The molecule has 0 saturated carbocycles. The minimum atomic E-state index is -2.45. The van der Waals surface area contributed by atoms with Gasteiger partial charge < -0.3 is 15.4 Å². The van der Waals surface area contributed by atoms with Gasteiger partial charge >= 0.3 is 0 Å². The van der Waals surface area contributed by atoms with Crippen molar-refractivity contribution in [3.8, 4) is 17.0 Å². The van der Waals surface area contributed by atoms with Crippen molar-refractivity contribution in [3.05, 3.63) is 59.8 Å². The van der Waals surface area contributed by atoms with Gasteiger partial charge in [0.05, 0.1) is 24.2 Å². The normalized spacial score (nSPS) is 16.4. The first-order valence-electron chi connectivity index (χ1n) is 11.6. The molecule has 0 amide bonds. The SMILES string of the molecule is C[C@H](I)N=S(C)(=O)Cc1cc2cc(c1)OCCCCCNc1cc(ccc1F)-c1nc(ncc1F)N2. The second kappa shape index (κ2) is 11.7. The van der Waals surface area contributed by atoms with Gasteiger partial charge in [-0.05, 0) is 62.1 Å². The fourth-order valence-corrected chi connectivity index (χ4v) is 6.85. The highest BCUT2D eigenvalue weighted by Crippen LogP contribution is 2.29. The molecule has 3 aromatic rings. The predicted octanol–water partition coefficient (Wildman–Crippen LogP) is 6.52. The van der Waals surface area contributed by atoms with Gasteiger partial charge in [-0.3, -0.25) is 0 Å². The molecule has 7 nitrogen and oxygen atoms in total. The maximum absolute atomic E-state index is 14.7. The highest BCUT2D eigenvalue weighted by molar-refractivity contribution is 14.1. The first-order valence-corrected chi connectivity index (χ1v) is 15.0. The third-order valence-electron chi connectivity index (χ3n) is 5.41. The fraction of sp³-hybridized carbons (Fsp3) is 0.360. The van der Waals surface area contributed by atoms with Gasteiger partial charge in [-0.2, -0.15) is 0 Å². The molecular formula is C25H28F2IN5O2S. The van der Waals surface area contributed by atoms with E-state index in [0.717, 1.165) is 31.0 Å². The molecule has 0 saturated heterocycles. The van der Waals surface area contributed by atoms with Gasteiger partial charge in [-0.15, -0.1) is 0 Å². The number of aromatic nitrogens is 2. The number of alkyl halides is 1. The first-order chi connectivity index (χ1) is 17.2. The van der Waals surface area contributed by atoms with Crippen LogP contribution in [0.4, 0.5) is 26.1 Å². The number of anilines is 3. The highest BCUT2D eigenvalue weighted by Gasteiger charge is 2.14. The van der Waals surface area contributed by atoms with Gasteiger partial charge in [0, 0.05) is 39.8 Å². The minimum Gasteiger partial charge on any atom is -0.494 e. The Morgan fingerprint density at radius 2 is 2.00 bits per heavy atom. The van der Waals surface area contributed by atoms with Crippen molar-refractivity contribution in [2.75, 3.05) is 30.0 Å². The molecule has 11 heteroatoms. The number of hydrogen-bond donors (Lipinski definition) is 2. The van der Waals surface area contributed by atoms with Crippen LogP contribution in [0.3, 0.4) is 0 Å². The molecule has 1 aliphatic rings. The Balaban J connectivity index is 1.74. The maximum Gasteiger partial charge on any atom is 0.227 e. The van der Waals surface area contributed by atoms with E-state index in [1.165, 1.54) is 12.1 Å². The van der Waals surface area contributed by atoms with Crippen molar-refractivity contribution in [1.29, 1.82) is 0 Å². The van der Waals surface area contributed by atoms with Crippen molar-refractivity contribution < 1.29 is 17.7 Å². The van der Waals surface area contributed by atoms with Gasteiger partial charge in [-0.1, -0.05) is 22.6 Å². The Morgan fingerprint density at radius 3 is 2.81 bits per heavy atom. The largest absolute Gasteiger partial charge is 0.494 e. The summed E-state index contributed by atoms with van der Waals surface area (Å²) in [6, 6.07) is 9.85. The third-order valence-corrected chi connectivity index (χ3v) is 7.70. The topological polar surface area (TPSA) is 88.5 Å². The lowest BCUT2D eigenvalue weighted by molar-refractivity contribution is 0.306. The summed E-state index contributed by atoms with van der Waals surface area (Å²) in [5.41, 5.74) is 2.19. The smallest absolute Gasteiger partial charge is 0.227 e. The van der Waals surface area contributed by atoms with Crippen LogP contribution in [-0.4, -0.2) is 37.6 Å². The molecule has 4 rings (SSSR count). The van der Waals surface area contributed by atoms with Crippen LogP contribution in [0.1, 0.15) is 31.7 Å². The van der Waals surface area contributed by atoms with Crippen LogP contribution in [0.15, 0.2) is 47.0 Å². The van der Waals surface area contributed by atoms with E-state index in [0.29, 0.717) is 35.8 Å². The molecule has 2 aromatic carbocycles. The zero-order valence-electron chi connectivity index (χ0n) is 20.1. The number of nitrogens with one attached hydrogen (secondary N) is 2. The highest BCUT2D eigenvalue weighted by atomic mass is 127. The molecule has 2 heterocycles. The Hall–Kier alpha value is -2.54. The molecule has 36 heavy (non-hydrogen) atoms. The van der Waals surface area contributed by atoms with E-state index in [1.54, 1.807) is 18.4 Å². The van der Waals surface area contributed by atoms with Crippen LogP contribution in [-0.2, 0) is 15.5 Å². The number of fused-ring (bicyclic) bond motifs is 7. The summed E-state index contributed by atoms with van der Waals surface area (Å²) in [7, 11) is -2.45. The number of benzene rings is 2. The van der Waals surface area contributed by atoms with E-state index < -0.39 is 21.4 Å². The minimum absolute atomic E-state index is 0.0545. The summed E-state index contributed by atoms with van der Waals surface area (Å²) in [5, 5.41) is 6.20. The van der Waals surface area contributed by atoms with Crippen LogP contribution in [0.2, 0.25) is 0 Å². The maximum atomic E-state index is 14.7. The van der Waals surface area contributed by atoms with Crippen molar-refractivity contribution >= 4 is 49.6 Å². The monoisotopic (exact) mass is 627 g/mol. The number of rotatable bonds is 3. The van der Waals surface area contributed by atoms with Crippen molar-refractivity contribution in [3.63, 3.8) is 0 Å². The summed E-state index contributed by atoms with van der Waals surface area (Å²) in [5.74, 6) is 0.0134. The van der Waals surface area contributed by atoms with Crippen LogP contribution < -0.4 is 15.4 Å². The average Bonchev–Trinajstić information content (AvgIpc) is 2.79. The van der Waals surface area contributed by atoms with Crippen LogP contribution in [0.25, 0.3) is 11.3 Å². The molecule has 1 aromatic heterocycles. The quantitative estimate of drug-likeness (QED) is 0.195. The van der Waals surface area contributed by atoms with Gasteiger partial charge in [0.1, 0.15) is 21.3 Å². The van der Waals surface area contributed by atoms with Gasteiger partial charge in [-0.25, -0.2) is 27.3 Å². The van der Waals surface area contributed by atoms with E-state index in [2.05, 4.69) is 47.6 Å². The predicted molar refractivity (Wildman–Crippen MR) is 149 cm³/mol.